The maximum Gasteiger partial charge on any atom is 0.123 e. The molecule has 0 radical (unpaired) electrons. The molecular formula is C13H17FO. The third-order valence-electron chi connectivity index (χ3n) is 2.99. The van der Waals surface area contributed by atoms with E-state index in [1.165, 1.54) is 30.5 Å². The van der Waals surface area contributed by atoms with E-state index in [4.69, 9.17) is 4.74 Å². The van der Waals surface area contributed by atoms with E-state index in [0.29, 0.717) is 12.2 Å². The van der Waals surface area contributed by atoms with Crippen molar-refractivity contribution >= 4 is 0 Å². The summed E-state index contributed by atoms with van der Waals surface area (Å²) in [6.07, 6.45) is 5.21. The number of ether oxygens (including phenoxy) is 1. The van der Waals surface area contributed by atoms with Gasteiger partial charge in [0.25, 0.3) is 0 Å². The maximum atomic E-state index is 12.7. The zero-order chi connectivity index (χ0) is 10.7. The quantitative estimate of drug-likeness (QED) is 0.740. The Balaban J connectivity index is 1.80. The van der Waals surface area contributed by atoms with Gasteiger partial charge in [-0.2, -0.15) is 0 Å². The molecule has 1 nitrogen and oxygen atoms in total. The molecule has 0 saturated carbocycles. The summed E-state index contributed by atoms with van der Waals surface area (Å²) in [4.78, 5) is 0. The predicted molar refractivity (Wildman–Crippen MR) is 58.3 cm³/mol. The van der Waals surface area contributed by atoms with Crippen LogP contribution in [0.1, 0.15) is 31.7 Å². The molecule has 0 aliphatic carbocycles. The zero-order valence-corrected chi connectivity index (χ0v) is 9.08. The highest BCUT2D eigenvalue weighted by Crippen LogP contribution is 2.22. The number of aryl methyl sites for hydroxylation is 1. The van der Waals surface area contributed by atoms with Crippen LogP contribution in [-0.4, -0.2) is 12.2 Å². The number of hydrogen-bond acceptors (Lipinski definition) is 1. The predicted octanol–water partition coefficient (Wildman–Crippen LogP) is 3.33. The van der Waals surface area contributed by atoms with E-state index in [1.807, 2.05) is 12.1 Å². The van der Waals surface area contributed by atoms with E-state index >= 15 is 0 Å². The van der Waals surface area contributed by atoms with Gasteiger partial charge < -0.3 is 4.74 Å². The first-order valence-corrected chi connectivity index (χ1v) is 5.64. The molecule has 0 aromatic heterocycles. The maximum absolute atomic E-state index is 12.7. The summed E-state index contributed by atoms with van der Waals surface area (Å²) < 4.78 is 18.4. The number of hydrogen-bond donors (Lipinski definition) is 0. The molecule has 1 saturated heterocycles. The van der Waals surface area contributed by atoms with Gasteiger partial charge in [0.2, 0.25) is 0 Å². The lowest BCUT2D eigenvalue weighted by molar-refractivity contribution is 0.0512. The van der Waals surface area contributed by atoms with E-state index in [0.717, 1.165) is 12.8 Å². The Hall–Kier alpha value is -0.890. The summed E-state index contributed by atoms with van der Waals surface area (Å²) in [5.74, 6) is -0.163. The van der Waals surface area contributed by atoms with Crippen molar-refractivity contribution in [1.29, 1.82) is 0 Å². The monoisotopic (exact) mass is 208 g/mol. The highest BCUT2D eigenvalue weighted by atomic mass is 19.1. The van der Waals surface area contributed by atoms with Crippen molar-refractivity contribution in [3.05, 3.63) is 35.6 Å². The fourth-order valence-electron chi connectivity index (χ4n) is 2.08. The van der Waals surface area contributed by atoms with Crippen LogP contribution in [0.2, 0.25) is 0 Å². The molecule has 1 aromatic carbocycles. The topological polar surface area (TPSA) is 9.23 Å². The minimum Gasteiger partial charge on any atom is -0.375 e. The standard InChI is InChI=1S/C13H17FO/c1-10-2-8-13(15-10)9-5-11-3-6-12(14)7-4-11/h3-4,6-7,10,13H,2,5,8-9H2,1H3. The average Bonchev–Trinajstić information content (AvgIpc) is 2.64. The van der Waals surface area contributed by atoms with Gasteiger partial charge in [0.1, 0.15) is 5.82 Å². The Morgan fingerprint density at radius 1 is 1.27 bits per heavy atom. The van der Waals surface area contributed by atoms with Crippen molar-refractivity contribution in [2.75, 3.05) is 0 Å². The average molecular weight is 208 g/mol. The molecule has 2 heteroatoms. The summed E-state index contributed by atoms with van der Waals surface area (Å²) in [6.45, 7) is 2.12. The van der Waals surface area contributed by atoms with Crippen molar-refractivity contribution in [3.8, 4) is 0 Å². The molecule has 0 bridgehead atoms. The molecule has 0 spiro atoms. The Bertz CT molecular complexity index is 307. The molecular weight excluding hydrogens is 191 g/mol. The van der Waals surface area contributed by atoms with Crippen LogP contribution in [0.4, 0.5) is 4.39 Å². The van der Waals surface area contributed by atoms with Gasteiger partial charge in [0.15, 0.2) is 0 Å². The lowest BCUT2D eigenvalue weighted by Gasteiger charge is -2.10. The minimum atomic E-state index is -0.163. The summed E-state index contributed by atoms with van der Waals surface area (Å²) >= 11 is 0. The second-order valence-corrected chi connectivity index (χ2v) is 4.31. The lowest BCUT2D eigenvalue weighted by atomic mass is 10.0. The van der Waals surface area contributed by atoms with E-state index in [-0.39, 0.29) is 5.82 Å². The second kappa shape index (κ2) is 4.75. The number of benzene rings is 1. The molecule has 1 aliphatic heterocycles. The van der Waals surface area contributed by atoms with Crippen LogP contribution in [-0.2, 0) is 11.2 Å². The van der Waals surface area contributed by atoms with Gasteiger partial charge in [-0.15, -0.1) is 0 Å². The van der Waals surface area contributed by atoms with Crippen molar-refractivity contribution in [1.82, 2.24) is 0 Å². The summed E-state index contributed by atoms with van der Waals surface area (Å²) in [5.41, 5.74) is 1.19. The molecule has 2 unspecified atom stereocenters. The van der Waals surface area contributed by atoms with Crippen LogP contribution in [0.5, 0.6) is 0 Å². The van der Waals surface area contributed by atoms with Crippen LogP contribution in [0, 0.1) is 5.82 Å². The van der Waals surface area contributed by atoms with Gasteiger partial charge in [-0.05, 0) is 50.3 Å². The lowest BCUT2D eigenvalue weighted by Crippen LogP contribution is -2.09. The summed E-state index contributed by atoms with van der Waals surface area (Å²) in [7, 11) is 0. The summed E-state index contributed by atoms with van der Waals surface area (Å²) in [5, 5.41) is 0. The van der Waals surface area contributed by atoms with Gasteiger partial charge in [0.05, 0.1) is 12.2 Å². The Morgan fingerprint density at radius 3 is 2.60 bits per heavy atom. The van der Waals surface area contributed by atoms with Crippen molar-refractivity contribution in [2.24, 2.45) is 0 Å². The molecule has 82 valence electrons. The first-order chi connectivity index (χ1) is 7.24. The van der Waals surface area contributed by atoms with Crippen LogP contribution in [0.3, 0.4) is 0 Å². The smallest absolute Gasteiger partial charge is 0.123 e. The third kappa shape index (κ3) is 3.03. The van der Waals surface area contributed by atoms with E-state index in [1.54, 1.807) is 0 Å². The van der Waals surface area contributed by atoms with Crippen molar-refractivity contribution < 1.29 is 9.13 Å². The molecule has 2 rings (SSSR count). The molecule has 1 aromatic rings. The van der Waals surface area contributed by atoms with Gasteiger partial charge in [0, 0.05) is 0 Å². The molecule has 1 fully saturated rings. The highest BCUT2D eigenvalue weighted by Gasteiger charge is 2.20. The van der Waals surface area contributed by atoms with E-state index in [2.05, 4.69) is 6.92 Å². The van der Waals surface area contributed by atoms with Crippen LogP contribution in [0.15, 0.2) is 24.3 Å². The Labute approximate surface area is 90.3 Å². The van der Waals surface area contributed by atoms with Gasteiger partial charge in [-0.1, -0.05) is 12.1 Å². The molecule has 15 heavy (non-hydrogen) atoms. The Morgan fingerprint density at radius 2 is 2.00 bits per heavy atom. The highest BCUT2D eigenvalue weighted by molar-refractivity contribution is 5.16. The van der Waals surface area contributed by atoms with Crippen LogP contribution < -0.4 is 0 Å². The fourth-order valence-corrected chi connectivity index (χ4v) is 2.08. The largest absolute Gasteiger partial charge is 0.375 e. The molecule has 0 N–H and O–H groups in total. The van der Waals surface area contributed by atoms with E-state index < -0.39 is 0 Å². The number of halogens is 1. The first-order valence-electron chi connectivity index (χ1n) is 5.64. The molecule has 2 atom stereocenters. The first kappa shape index (κ1) is 10.6. The molecule has 1 aliphatic rings. The van der Waals surface area contributed by atoms with Crippen LogP contribution >= 0.6 is 0 Å². The molecule has 0 amide bonds. The zero-order valence-electron chi connectivity index (χ0n) is 9.08. The van der Waals surface area contributed by atoms with Gasteiger partial charge in [-0.3, -0.25) is 0 Å². The second-order valence-electron chi connectivity index (χ2n) is 4.31. The normalized spacial score (nSPS) is 25.7. The minimum absolute atomic E-state index is 0.163. The van der Waals surface area contributed by atoms with Crippen molar-refractivity contribution in [3.63, 3.8) is 0 Å². The third-order valence-corrected chi connectivity index (χ3v) is 2.99. The van der Waals surface area contributed by atoms with Gasteiger partial charge >= 0.3 is 0 Å². The van der Waals surface area contributed by atoms with Crippen LogP contribution in [0.25, 0.3) is 0 Å². The fraction of sp³-hybridized carbons (Fsp3) is 0.538. The Kier molecular flexibility index (Phi) is 3.37. The van der Waals surface area contributed by atoms with E-state index in [9.17, 15) is 4.39 Å². The SMILES string of the molecule is CC1CCC(CCc2ccc(F)cc2)O1. The number of rotatable bonds is 3. The van der Waals surface area contributed by atoms with Crippen molar-refractivity contribution in [2.45, 2.75) is 44.8 Å². The summed E-state index contributed by atoms with van der Waals surface area (Å²) in [6, 6.07) is 6.75. The van der Waals surface area contributed by atoms with Gasteiger partial charge in [-0.25, -0.2) is 4.39 Å². The molecule has 1 heterocycles.